The first-order valence-electron chi connectivity index (χ1n) is 25.6. The van der Waals surface area contributed by atoms with Crippen molar-refractivity contribution in [3.8, 4) is 0 Å². The first-order valence-corrected chi connectivity index (χ1v) is 26.0. The van der Waals surface area contributed by atoms with Crippen molar-refractivity contribution in [2.45, 2.75) is 175 Å². The molecule has 1 fully saturated rings. The summed E-state index contributed by atoms with van der Waals surface area (Å²) in [6.45, 7) is 31.1. The largest absolute Gasteiger partial charge is 0.453 e. The van der Waals surface area contributed by atoms with E-state index in [1.165, 1.54) is 19.3 Å². The fourth-order valence-corrected chi connectivity index (χ4v) is 6.99. The van der Waals surface area contributed by atoms with Gasteiger partial charge in [0, 0.05) is 32.3 Å². The molecule has 0 radical (unpaired) electrons. The summed E-state index contributed by atoms with van der Waals surface area (Å²) in [6, 6.07) is 0. The van der Waals surface area contributed by atoms with Gasteiger partial charge in [0.05, 0.1) is 12.3 Å². The van der Waals surface area contributed by atoms with Crippen LogP contribution in [0.3, 0.4) is 0 Å². The van der Waals surface area contributed by atoms with Crippen LogP contribution in [0.4, 0.5) is 4.79 Å². The van der Waals surface area contributed by atoms with Gasteiger partial charge in [0.25, 0.3) is 0 Å². The molecule has 0 aliphatic heterocycles. The van der Waals surface area contributed by atoms with E-state index in [2.05, 4.69) is 115 Å². The predicted octanol–water partition coefficient (Wildman–Crippen LogP) is 8.40. The lowest BCUT2D eigenvalue weighted by atomic mass is 9.85. The maximum atomic E-state index is 10.8. The molecular weight excluding hydrogens is 1160 g/mol. The Morgan fingerprint density at radius 3 is 1.29 bits per heavy atom. The number of nitrogens with zero attached hydrogens (tertiary/aromatic N) is 4. The molecule has 22 nitrogen and oxygen atoms in total. The van der Waals surface area contributed by atoms with Crippen molar-refractivity contribution < 1.29 is 45.5 Å². The lowest BCUT2D eigenvalue weighted by molar-refractivity contribution is 0.159. The molecule has 0 amide bonds. The SMILES string of the molecule is C.C1CC1.CB(O)NCC(CC(C)=NO)CC(C)C.CB(O)NCC(CC(N)=NO)CC(C)C.CB(O)NCC(Cc1noc(=O)[nH]1)CC(C)C.CC(C)CC(CN)Cc1noc(=O)[nH]1.CC(C)COC(=O)Cl.Cl.Cl.I.[HH]. The summed E-state index contributed by atoms with van der Waals surface area (Å²) in [5, 5.41) is 66.9. The van der Waals surface area contributed by atoms with Gasteiger partial charge in [0.15, 0.2) is 11.6 Å². The highest BCUT2D eigenvalue weighted by molar-refractivity contribution is 14.0. The summed E-state index contributed by atoms with van der Waals surface area (Å²) in [5.41, 5.74) is 11.1. The number of rotatable bonds is 28. The second-order valence-electron chi connectivity index (χ2n) is 20.8. The Hall–Kier alpha value is -2.40. The van der Waals surface area contributed by atoms with E-state index in [4.69, 9.17) is 43.5 Å². The summed E-state index contributed by atoms with van der Waals surface area (Å²) < 4.78 is 13.3. The van der Waals surface area contributed by atoms with Crippen LogP contribution in [-0.2, 0) is 17.6 Å². The third kappa shape index (κ3) is 64.1. The summed E-state index contributed by atoms with van der Waals surface area (Å²) in [6.07, 6.45) is 11.2. The molecule has 0 spiro atoms. The quantitative estimate of drug-likeness (QED) is 0.00723. The van der Waals surface area contributed by atoms with E-state index in [0.29, 0.717) is 104 Å². The molecule has 4 unspecified atom stereocenters. The number of H-pyrrole nitrogens is 2. The molecule has 452 valence electrons. The van der Waals surface area contributed by atoms with Gasteiger partial charge in [-0.3, -0.25) is 19.0 Å². The monoisotopic (exact) mass is 1270 g/mol. The first-order chi connectivity index (χ1) is 33.6. The van der Waals surface area contributed by atoms with Gasteiger partial charge in [-0.15, -0.1) is 48.8 Å². The second-order valence-corrected chi connectivity index (χ2v) is 21.1. The number of oxime groups is 2. The number of hydrogen-bond acceptors (Lipinski definition) is 19. The Morgan fingerprint density at radius 1 is 0.684 bits per heavy atom. The summed E-state index contributed by atoms with van der Waals surface area (Å²) in [5.74, 6) is 4.41. The number of nitrogens with two attached hydrogens (primary N) is 2. The highest BCUT2D eigenvalue weighted by Crippen LogP contribution is 2.18. The molecule has 2 heterocycles. The van der Waals surface area contributed by atoms with Crippen LogP contribution in [0.2, 0.25) is 20.5 Å². The standard InChI is InChI=1S/C10H20BN3O3.C10H23BN2O2.C9H22BN3O2.C9H17N3O2.C5H9ClO2.C3H6.CH4.2ClH.HI.H2/c1-7(2)4-8(6-12-11(3)16)5-9-13-10(15)17-14-9;1-8(2)5-10(6-9(3)13-15)7-12-11(4)14;1-7(2)4-8(5-9(11)13-15)6-12-10(3)14;1-6(2)3-7(5-10)4-8-11-9(13)14-12-8;1-4(2)3-8-5(6)7;1-2-3-1;;;;;/h7-8,12,16H,4-6H2,1-3H3,(H,13,14,15);8,10,12,14-15H,5-7H2,1-4H3;7-8,12,14-15H,4-6H2,1-3H3,(H2,11,13);6-7H,3-5,10H2,1-2H3,(H,11,12,13);4H,3H2,1-2H3;1-3H2;1H4;4*1H. The van der Waals surface area contributed by atoms with Crippen LogP contribution < -0.4 is 38.7 Å². The van der Waals surface area contributed by atoms with Crippen molar-refractivity contribution in [3.05, 3.63) is 32.8 Å². The van der Waals surface area contributed by atoms with Crippen molar-refractivity contribution >= 4 is 98.5 Å². The van der Waals surface area contributed by atoms with Gasteiger partial charge >= 0.3 is 38.1 Å². The van der Waals surface area contributed by atoms with Gasteiger partial charge in [-0.1, -0.05) is 117 Å². The molecule has 29 heteroatoms. The zero-order valence-corrected chi connectivity index (χ0v) is 52.2. The molecule has 2 aromatic heterocycles. The number of hydrogen-bond donors (Lipinski definition) is 12. The molecule has 2 aromatic rings. The minimum atomic E-state index is -0.723. The number of nitrogens with one attached hydrogen (secondary N) is 5. The molecule has 4 atom stereocenters. The van der Waals surface area contributed by atoms with Crippen molar-refractivity contribution in [1.29, 1.82) is 0 Å². The molecule has 1 aliphatic carbocycles. The lowest BCUT2D eigenvalue weighted by Crippen LogP contribution is -2.36. The van der Waals surface area contributed by atoms with Gasteiger partial charge in [0.1, 0.15) is 5.84 Å². The second kappa shape index (κ2) is 54.6. The number of carbonyl (C=O) groups is 1. The van der Waals surface area contributed by atoms with E-state index in [-0.39, 0.29) is 69.4 Å². The molecule has 14 N–H and O–H groups in total. The van der Waals surface area contributed by atoms with Crippen LogP contribution in [0, 0.1) is 53.3 Å². The lowest BCUT2D eigenvalue weighted by Gasteiger charge is -2.19. The maximum Gasteiger partial charge on any atom is 0.438 e. The Labute approximate surface area is 492 Å². The van der Waals surface area contributed by atoms with E-state index in [1.807, 2.05) is 20.8 Å². The minimum Gasteiger partial charge on any atom is -0.453 e. The number of aromatic nitrogens is 4. The maximum absolute atomic E-state index is 10.8. The predicted molar refractivity (Wildman–Crippen MR) is 330 cm³/mol. The van der Waals surface area contributed by atoms with Crippen LogP contribution in [-0.4, -0.2) is 117 Å². The molecule has 0 bridgehead atoms. The topological polar surface area (TPSA) is 358 Å². The van der Waals surface area contributed by atoms with Crippen LogP contribution in [0.5, 0.6) is 0 Å². The number of amidine groups is 1. The fourth-order valence-electron chi connectivity index (χ4n) is 6.93. The zero-order chi connectivity index (χ0) is 55.8. The smallest absolute Gasteiger partial charge is 0.438 e. The first kappa shape index (κ1) is 87.5. The highest BCUT2D eigenvalue weighted by atomic mass is 127. The van der Waals surface area contributed by atoms with E-state index < -0.39 is 38.1 Å². The number of aromatic amines is 2. The molecule has 76 heavy (non-hydrogen) atoms. The molecule has 3 rings (SSSR count). The number of carbonyl (C=O) groups excluding carboxylic acids is 1. The Bertz CT molecular complexity index is 1740. The minimum absolute atomic E-state index is 0. The average molecular weight is 1270 g/mol. The van der Waals surface area contributed by atoms with E-state index >= 15 is 0 Å². The van der Waals surface area contributed by atoms with Gasteiger partial charge < -0.3 is 57.4 Å². The molecule has 0 saturated heterocycles. The van der Waals surface area contributed by atoms with Crippen molar-refractivity contribution in [1.82, 2.24) is 36.0 Å². The normalized spacial score (nSPS) is 13.0. The third-order valence-corrected chi connectivity index (χ3v) is 9.97. The summed E-state index contributed by atoms with van der Waals surface area (Å²) in [4.78, 5) is 36.4. The van der Waals surface area contributed by atoms with Crippen LogP contribution >= 0.6 is 60.4 Å². The van der Waals surface area contributed by atoms with Gasteiger partial charge in [-0.2, -0.15) is 0 Å². The third-order valence-electron chi connectivity index (χ3n) is 9.86. The van der Waals surface area contributed by atoms with E-state index in [1.54, 1.807) is 20.5 Å². The Morgan fingerprint density at radius 2 is 1.03 bits per heavy atom. The Kier molecular flexibility index (Phi) is 62.8. The van der Waals surface area contributed by atoms with Crippen LogP contribution in [0.15, 0.2) is 28.9 Å². The molecule has 1 saturated carbocycles. The van der Waals surface area contributed by atoms with Crippen molar-refractivity contribution in [2.24, 2.45) is 75.0 Å². The highest BCUT2D eigenvalue weighted by Gasteiger charge is 2.18. The average Bonchev–Trinajstić information content (AvgIpc) is 4.02. The fraction of sp³-hybridized carbons (Fsp3) is 0.851. The number of halogens is 4. The van der Waals surface area contributed by atoms with Crippen LogP contribution in [0.1, 0.15) is 154 Å². The Balaban J connectivity index is -0.000000126. The summed E-state index contributed by atoms with van der Waals surface area (Å²) in [7, 11) is -1.53. The molecule has 1 aliphatic rings. The number of ether oxygens (including phenoxy) is 1. The van der Waals surface area contributed by atoms with Crippen molar-refractivity contribution in [2.75, 3.05) is 32.8 Å². The van der Waals surface area contributed by atoms with Gasteiger partial charge in [-0.25, -0.2) is 14.4 Å². The summed E-state index contributed by atoms with van der Waals surface area (Å²) >= 11 is 4.86. The van der Waals surface area contributed by atoms with E-state index in [9.17, 15) is 19.4 Å². The van der Waals surface area contributed by atoms with E-state index in [0.717, 1.165) is 44.4 Å². The van der Waals surface area contributed by atoms with Gasteiger partial charge in [-0.05, 0) is 139 Å². The van der Waals surface area contributed by atoms with Crippen molar-refractivity contribution in [3.63, 3.8) is 0 Å². The van der Waals surface area contributed by atoms with Gasteiger partial charge in [0.2, 0.25) is 0 Å². The molecule has 0 aromatic carbocycles. The van der Waals surface area contributed by atoms with Crippen LogP contribution in [0.25, 0.3) is 0 Å². The zero-order valence-electron chi connectivity index (χ0n) is 47.5. The molecular formula is C47H106B3Cl3IN11O11.